The number of carbonyl (C=O) groups excluding carboxylic acids is 1. The molecule has 0 fully saturated rings. The second-order valence-corrected chi connectivity index (χ2v) is 3.81. The maximum atomic E-state index is 12.5. The van der Waals surface area contributed by atoms with Gasteiger partial charge in [0.05, 0.1) is 12.2 Å². The van der Waals surface area contributed by atoms with E-state index in [1.807, 2.05) is 0 Å². The van der Waals surface area contributed by atoms with E-state index in [9.17, 15) is 18.0 Å². The summed E-state index contributed by atoms with van der Waals surface area (Å²) >= 11 is 0. The fraction of sp³-hybridized carbons (Fsp3) is 0.250. The fourth-order valence-corrected chi connectivity index (χ4v) is 1.72. The number of fused-ring (bicyclic) bond motifs is 1. The number of aromatic nitrogens is 1. The number of rotatable bonds is 4. The minimum atomic E-state index is -4.34. The lowest BCUT2D eigenvalue weighted by atomic mass is 10.1. The fourth-order valence-electron chi connectivity index (χ4n) is 1.72. The summed E-state index contributed by atoms with van der Waals surface area (Å²) in [5.74, 6) is 0. The molecule has 0 unspecified atom stereocenters. The van der Waals surface area contributed by atoms with Gasteiger partial charge in [-0.1, -0.05) is 0 Å². The number of carbonyl (C=O) groups is 1. The summed E-state index contributed by atoms with van der Waals surface area (Å²) in [4.78, 5) is 12.9. The molecule has 0 bridgehead atoms. The van der Waals surface area contributed by atoms with Gasteiger partial charge >= 0.3 is 6.18 Å². The molecule has 18 heavy (non-hydrogen) atoms. The predicted octanol–water partition coefficient (Wildman–Crippen LogP) is 2.90. The molecule has 0 radical (unpaired) electrons. The number of alkyl halides is 3. The Kier molecular flexibility index (Phi) is 3.27. The van der Waals surface area contributed by atoms with Gasteiger partial charge in [0, 0.05) is 23.0 Å². The molecule has 2 rings (SSSR count). The summed E-state index contributed by atoms with van der Waals surface area (Å²) in [5, 5.41) is 0.492. The van der Waals surface area contributed by atoms with Gasteiger partial charge in [-0.2, -0.15) is 13.2 Å². The Hall–Kier alpha value is -1.98. The maximum Gasteiger partial charge on any atom is 0.416 e. The molecular weight excluding hydrogens is 247 g/mol. The zero-order valence-corrected chi connectivity index (χ0v) is 9.25. The van der Waals surface area contributed by atoms with Crippen LogP contribution in [0.4, 0.5) is 13.2 Å². The highest BCUT2D eigenvalue weighted by Gasteiger charge is 2.30. The molecule has 96 valence electrons. The molecule has 0 aliphatic carbocycles. The third-order valence-corrected chi connectivity index (χ3v) is 2.56. The second kappa shape index (κ2) is 4.72. The first kappa shape index (κ1) is 12.5. The third kappa shape index (κ3) is 2.64. The van der Waals surface area contributed by atoms with E-state index in [0.29, 0.717) is 23.8 Å². The van der Waals surface area contributed by atoms with E-state index in [0.717, 1.165) is 17.8 Å². The Labute approximate surface area is 101 Å². The molecule has 6 heteroatoms. The Bertz CT molecular complexity index is 560. The Morgan fingerprint density at radius 2 is 2.06 bits per heavy atom. The Morgan fingerprint density at radius 3 is 2.72 bits per heavy atom. The molecule has 1 aromatic heterocycles. The molecule has 0 amide bonds. The highest BCUT2D eigenvalue weighted by molar-refractivity contribution is 5.81. The lowest BCUT2D eigenvalue weighted by Crippen LogP contribution is -2.03. The smallest absolute Gasteiger partial charge is 0.416 e. The second-order valence-electron chi connectivity index (χ2n) is 3.81. The lowest BCUT2D eigenvalue weighted by Gasteiger charge is -2.05. The summed E-state index contributed by atoms with van der Waals surface area (Å²) in [6.45, 7) is 0.535. The van der Waals surface area contributed by atoms with Gasteiger partial charge in [-0.25, -0.2) is 0 Å². The van der Waals surface area contributed by atoms with Crippen molar-refractivity contribution in [3.05, 3.63) is 35.5 Å². The lowest BCUT2D eigenvalue weighted by molar-refractivity contribution is -0.137. The number of halogens is 3. The molecule has 1 heterocycles. The minimum absolute atomic E-state index is 0.197. The van der Waals surface area contributed by atoms with Gasteiger partial charge in [0.1, 0.15) is 0 Å². The van der Waals surface area contributed by atoms with Crippen LogP contribution in [0.25, 0.3) is 10.9 Å². The van der Waals surface area contributed by atoms with Gasteiger partial charge in [-0.3, -0.25) is 4.79 Å². The van der Waals surface area contributed by atoms with Crippen molar-refractivity contribution in [2.75, 3.05) is 6.61 Å². The average molecular weight is 257 g/mol. The van der Waals surface area contributed by atoms with Gasteiger partial charge in [0.15, 0.2) is 0 Å². The molecule has 0 spiro atoms. The number of benzene rings is 1. The number of hydrogen-bond donors (Lipinski definition) is 1. The predicted molar refractivity (Wildman–Crippen MR) is 59.0 cm³/mol. The topological polar surface area (TPSA) is 42.1 Å². The molecule has 0 saturated heterocycles. The van der Waals surface area contributed by atoms with Gasteiger partial charge in [0.25, 0.3) is 6.47 Å². The highest BCUT2D eigenvalue weighted by Crippen LogP contribution is 2.31. The van der Waals surface area contributed by atoms with Crippen LogP contribution in [0, 0.1) is 0 Å². The summed E-state index contributed by atoms with van der Waals surface area (Å²) in [6, 6.07) is 5.14. The van der Waals surface area contributed by atoms with E-state index < -0.39 is 11.7 Å². The molecule has 2 aromatic rings. The summed E-state index contributed by atoms with van der Waals surface area (Å²) in [7, 11) is 0. The van der Waals surface area contributed by atoms with E-state index in [2.05, 4.69) is 9.72 Å². The normalized spacial score (nSPS) is 11.7. The number of ether oxygens (including phenoxy) is 1. The standard InChI is InChI=1S/C12H10F3NO2/c13-12(14,15)9-1-2-11-8(5-9)6-10(16-11)3-4-18-7-17/h1-2,5-7,16H,3-4H2. The third-order valence-electron chi connectivity index (χ3n) is 2.56. The van der Waals surface area contributed by atoms with E-state index in [1.54, 1.807) is 6.07 Å². The van der Waals surface area contributed by atoms with Gasteiger partial charge in [-0.05, 0) is 24.3 Å². The average Bonchev–Trinajstić information content (AvgIpc) is 2.69. The summed E-state index contributed by atoms with van der Waals surface area (Å²) in [5.41, 5.74) is 0.681. The molecule has 1 aromatic carbocycles. The largest absolute Gasteiger partial charge is 0.467 e. The van der Waals surface area contributed by atoms with Gasteiger partial charge in [-0.15, -0.1) is 0 Å². The summed E-state index contributed by atoms with van der Waals surface area (Å²) in [6.07, 6.45) is -3.90. The van der Waals surface area contributed by atoms with E-state index >= 15 is 0 Å². The van der Waals surface area contributed by atoms with Crippen molar-refractivity contribution in [2.45, 2.75) is 12.6 Å². The van der Waals surface area contributed by atoms with Gasteiger partial charge < -0.3 is 9.72 Å². The number of hydrogen-bond acceptors (Lipinski definition) is 2. The molecule has 0 aliphatic rings. The van der Waals surface area contributed by atoms with Crippen LogP contribution < -0.4 is 0 Å². The molecule has 0 atom stereocenters. The maximum absolute atomic E-state index is 12.5. The van der Waals surface area contributed by atoms with Crippen molar-refractivity contribution in [3.63, 3.8) is 0 Å². The zero-order chi connectivity index (χ0) is 13.2. The molecule has 0 aliphatic heterocycles. The van der Waals surface area contributed by atoms with Crippen molar-refractivity contribution in [1.82, 2.24) is 4.98 Å². The number of nitrogens with one attached hydrogen (secondary N) is 1. The number of H-pyrrole nitrogens is 1. The SMILES string of the molecule is O=COCCc1cc2cc(C(F)(F)F)ccc2[nH]1. The van der Waals surface area contributed by atoms with Crippen molar-refractivity contribution in [1.29, 1.82) is 0 Å². The van der Waals surface area contributed by atoms with Crippen LogP contribution in [0.5, 0.6) is 0 Å². The first-order valence-electron chi connectivity index (χ1n) is 5.25. The van der Waals surface area contributed by atoms with Crippen LogP contribution in [-0.2, 0) is 22.1 Å². The van der Waals surface area contributed by atoms with E-state index in [1.165, 1.54) is 6.07 Å². The molecule has 0 saturated carbocycles. The van der Waals surface area contributed by atoms with Crippen molar-refractivity contribution in [2.24, 2.45) is 0 Å². The molecule has 1 N–H and O–H groups in total. The quantitative estimate of drug-likeness (QED) is 0.676. The van der Waals surface area contributed by atoms with E-state index in [4.69, 9.17) is 0 Å². The Balaban J connectivity index is 2.25. The first-order valence-corrected chi connectivity index (χ1v) is 5.25. The summed E-state index contributed by atoms with van der Waals surface area (Å²) < 4.78 is 42.0. The molecule has 3 nitrogen and oxygen atoms in total. The van der Waals surface area contributed by atoms with Crippen LogP contribution in [0.3, 0.4) is 0 Å². The Morgan fingerprint density at radius 1 is 1.28 bits per heavy atom. The van der Waals surface area contributed by atoms with Crippen LogP contribution in [0.1, 0.15) is 11.3 Å². The van der Waals surface area contributed by atoms with Gasteiger partial charge in [0.2, 0.25) is 0 Å². The molecular formula is C12H10F3NO2. The highest BCUT2D eigenvalue weighted by atomic mass is 19.4. The van der Waals surface area contributed by atoms with Crippen LogP contribution in [-0.4, -0.2) is 18.1 Å². The van der Waals surface area contributed by atoms with Crippen molar-refractivity contribution < 1.29 is 22.7 Å². The van der Waals surface area contributed by atoms with Crippen LogP contribution in [0.2, 0.25) is 0 Å². The van der Waals surface area contributed by atoms with E-state index in [-0.39, 0.29) is 6.61 Å². The number of aromatic amines is 1. The monoisotopic (exact) mass is 257 g/mol. The first-order chi connectivity index (χ1) is 8.50. The van der Waals surface area contributed by atoms with Crippen LogP contribution >= 0.6 is 0 Å². The van der Waals surface area contributed by atoms with Crippen molar-refractivity contribution >= 4 is 17.4 Å². The minimum Gasteiger partial charge on any atom is -0.467 e. The van der Waals surface area contributed by atoms with Crippen LogP contribution in [0.15, 0.2) is 24.3 Å². The zero-order valence-electron chi connectivity index (χ0n) is 9.25. The van der Waals surface area contributed by atoms with Crippen molar-refractivity contribution in [3.8, 4) is 0 Å².